The summed E-state index contributed by atoms with van der Waals surface area (Å²) in [7, 11) is 0. The number of para-hydroxylation sites is 1. The highest BCUT2D eigenvalue weighted by molar-refractivity contribution is 6.13. The van der Waals surface area contributed by atoms with Crippen LogP contribution in [0.1, 0.15) is 31.7 Å². The minimum atomic E-state index is -0.570. The van der Waals surface area contributed by atoms with E-state index < -0.39 is 5.41 Å². The molecule has 7 nitrogen and oxygen atoms in total. The van der Waals surface area contributed by atoms with Gasteiger partial charge in [-0.3, -0.25) is 19.9 Å². The molecule has 146 valence electrons. The summed E-state index contributed by atoms with van der Waals surface area (Å²) in [6.45, 7) is 3.24. The van der Waals surface area contributed by atoms with Crippen LogP contribution in [0.4, 0.5) is 11.4 Å². The summed E-state index contributed by atoms with van der Waals surface area (Å²) in [4.78, 5) is 30.1. The fourth-order valence-electron chi connectivity index (χ4n) is 4.84. The van der Waals surface area contributed by atoms with E-state index >= 15 is 0 Å². The normalized spacial score (nSPS) is 26.1. The molecule has 2 atom stereocenters. The highest BCUT2D eigenvalue weighted by atomic mass is 16.3. The smallest absolute Gasteiger partial charge is 0.242 e. The molecule has 0 aliphatic carbocycles. The van der Waals surface area contributed by atoms with Gasteiger partial charge in [0.2, 0.25) is 11.8 Å². The summed E-state index contributed by atoms with van der Waals surface area (Å²) in [5, 5.41) is 0. The van der Waals surface area contributed by atoms with Crippen LogP contribution in [-0.2, 0) is 15.0 Å². The molecule has 3 aliphatic rings. The number of hydrogen-bond acceptors (Lipinski definition) is 5. The Morgan fingerprint density at radius 3 is 2.64 bits per heavy atom. The third-order valence-electron chi connectivity index (χ3n) is 6.36. The van der Waals surface area contributed by atoms with E-state index in [1.165, 1.54) is 0 Å². The minimum absolute atomic E-state index is 0.0801. The summed E-state index contributed by atoms with van der Waals surface area (Å²) in [5.41, 5.74) is 8.36. The number of carbonyl (C=O) groups is 2. The van der Waals surface area contributed by atoms with Crippen molar-refractivity contribution >= 4 is 23.2 Å². The van der Waals surface area contributed by atoms with Gasteiger partial charge >= 0.3 is 0 Å². The van der Waals surface area contributed by atoms with Crippen molar-refractivity contribution in [1.82, 2.24) is 15.8 Å². The summed E-state index contributed by atoms with van der Waals surface area (Å²) >= 11 is 0. The van der Waals surface area contributed by atoms with Crippen LogP contribution in [0.2, 0.25) is 0 Å². The molecule has 7 heteroatoms. The number of benzene rings is 1. The van der Waals surface area contributed by atoms with E-state index in [1.807, 2.05) is 29.2 Å². The predicted molar refractivity (Wildman–Crippen MR) is 104 cm³/mol. The zero-order valence-corrected chi connectivity index (χ0v) is 15.9. The Hall–Kier alpha value is -2.64. The van der Waals surface area contributed by atoms with E-state index in [4.69, 9.17) is 4.42 Å². The molecule has 2 unspecified atom stereocenters. The number of furan rings is 1. The van der Waals surface area contributed by atoms with Gasteiger partial charge in [0, 0.05) is 25.2 Å². The van der Waals surface area contributed by atoms with Crippen molar-refractivity contribution in [2.24, 2.45) is 0 Å². The third kappa shape index (κ3) is 2.50. The zero-order valence-electron chi connectivity index (χ0n) is 15.9. The lowest BCUT2D eigenvalue weighted by Crippen LogP contribution is -2.53. The van der Waals surface area contributed by atoms with Crippen molar-refractivity contribution in [1.29, 1.82) is 0 Å². The van der Waals surface area contributed by atoms with Crippen LogP contribution in [0.5, 0.6) is 0 Å². The Bertz CT molecular complexity index is 902. The second-order valence-corrected chi connectivity index (χ2v) is 8.02. The van der Waals surface area contributed by atoms with Crippen molar-refractivity contribution in [3.63, 3.8) is 0 Å². The van der Waals surface area contributed by atoms with Crippen LogP contribution < -0.4 is 15.8 Å². The fraction of sp³-hybridized carbons (Fsp3) is 0.429. The number of hydrogen-bond donors (Lipinski definition) is 2. The van der Waals surface area contributed by atoms with Crippen molar-refractivity contribution in [2.75, 3.05) is 18.0 Å². The minimum Gasteiger partial charge on any atom is -0.470 e. The molecule has 2 fully saturated rings. The molecule has 0 bridgehead atoms. The molecule has 3 aliphatic heterocycles. The third-order valence-corrected chi connectivity index (χ3v) is 6.36. The van der Waals surface area contributed by atoms with Gasteiger partial charge in [0.25, 0.3) is 0 Å². The molecule has 4 heterocycles. The first kappa shape index (κ1) is 17.5. The second-order valence-electron chi connectivity index (χ2n) is 8.02. The first-order valence-corrected chi connectivity index (χ1v) is 9.86. The molecule has 2 aromatic rings. The molecule has 0 saturated carbocycles. The molecular weight excluding hydrogens is 356 g/mol. The van der Waals surface area contributed by atoms with Gasteiger partial charge in [-0.05, 0) is 37.8 Å². The standard InChI is InChI=1S/C21H24N4O3/c1-14-12-17(23-22-14)19(26)24-9-7-21(8-10-24)16-4-2-3-5-18(16)25(20(21)27)15-6-11-28-13-15/h2-6,11,13-14,17,22-23H,7-10,12H2,1H3. The maximum Gasteiger partial charge on any atom is 0.242 e. The average molecular weight is 380 g/mol. The number of anilines is 2. The number of nitrogens with one attached hydrogen (secondary N) is 2. The van der Waals surface area contributed by atoms with Gasteiger partial charge in [0.05, 0.1) is 23.1 Å². The Balaban J connectivity index is 1.41. The van der Waals surface area contributed by atoms with E-state index in [0.29, 0.717) is 25.9 Å². The van der Waals surface area contributed by atoms with E-state index in [2.05, 4.69) is 23.8 Å². The molecular formula is C21H24N4O3. The van der Waals surface area contributed by atoms with Crippen LogP contribution in [0.3, 0.4) is 0 Å². The van der Waals surface area contributed by atoms with Crippen molar-refractivity contribution < 1.29 is 14.0 Å². The average Bonchev–Trinajstić information content (AvgIpc) is 3.44. The highest BCUT2D eigenvalue weighted by Gasteiger charge is 2.53. The monoisotopic (exact) mass is 380 g/mol. The predicted octanol–water partition coefficient (Wildman–Crippen LogP) is 2.07. The number of piperidine rings is 1. The molecule has 2 saturated heterocycles. The molecule has 1 spiro atoms. The van der Waals surface area contributed by atoms with Gasteiger partial charge in [0.15, 0.2) is 0 Å². The van der Waals surface area contributed by atoms with E-state index in [1.54, 1.807) is 17.4 Å². The first-order valence-electron chi connectivity index (χ1n) is 9.86. The SMILES string of the molecule is CC1CC(C(=O)N2CCC3(CC2)C(=O)N(c2ccoc2)c2ccccc23)NN1. The van der Waals surface area contributed by atoms with Gasteiger partial charge in [-0.1, -0.05) is 18.2 Å². The molecule has 5 rings (SSSR count). The van der Waals surface area contributed by atoms with Crippen LogP contribution in [0.25, 0.3) is 0 Å². The summed E-state index contributed by atoms with van der Waals surface area (Å²) in [5.74, 6) is 0.202. The van der Waals surface area contributed by atoms with E-state index in [9.17, 15) is 9.59 Å². The van der Waals surface area contributed by atoms with Gasteiger partial charge in [-0.25, -0.2) is 5.43 Å². The van der Waals surface area contributed by atoms with E-state index in [-0.39, 0.29) is 23.9 Å². The Morgan fingerprint density at radius 1 is 1.18 bits per heavy atom. The highest BCUT2D eigenvalue weighted by Crippen LogP contribution is 2.50. The maximum atomic E-state index is 13.6. The number of fused-ring (bicyclic) bond motifs is 2. The summed E-state index contributed by atoms with van der Waals surface area (Å²) in [6, 6.07) is 9.90. The van der Waals surface area contributed by atoms with Gasteiger partial charge in [0.1, 0.15) is 12.3 Å². The topological polar surface area (TPSA) is 77.8 Å². The number of rotatable bonds is 2. The summed E-state index contributed by atoms with van der Waals surface area (Å²) in [6.07, 6.45) is 5.25. The number of hydrazine groups is 1. The lowest BCUT2D eigenvalue weighted by atomic mass is 9.73. The fourth-order valence-corrected chi connectivity index (χ4v) is 4.84. The number of likely N-dealkylation sites (tertiary alicyclic amines) is 1. The van der Waals surface area contributed by atoms with Crippen LogP contribution in [0, 0.1) is 0 Å². The summed E-state index contributed by atoms with van der Waals surface area (Å²) < 4.78 is 5.22. The zero-order chi connectivity index (χ0) is 19.3. The Kier molecular flexibility index (Phi) is 4.03. The number of amides is 2. The first-order chi connectivity index (χ1) is 13.6. The van der Waals surface area contributed by atoms with Crippen molar-refractivity contribution in [3.05, 3.63) is 48.4 Å². The second kappa shape index (κ2) is 6.46. The largest absolute Gasteiger partial charge is 0.470 e. The van der Waals surface area contributed by atoms with Crippen LogP contribution in [-0.4, -0.2) is 41.9 Å². The molecule has 2 N–H and O–H groups in total. The van der Waals surface area contributed by atoms with Crippen LogP contribution >= 0.6 is 0 Å². The number of nitrogens with zero attached hydrogens (tertiary/aromatic N) is 2. The Labute approximate surface area is 163 Å². The van der Waals surface area contributed by atoms with Gasteiger partial charge in [-0.15, -0.1) is 0 Å². The van der Waals surface area contributed by atoms with Crippen molar-refractivity contribution in [3.8, 4) is 0 Å². The molecule has 1 aromatic carbocycles. The molecule has 28 heavy (non-hydrogen) atoms. The molecule has 2 amide bonds. The molecule has 0 radical (unpaired) electrons. The number of carbonyl (C=O) groups excluding carboxylic acids is 2. The van der Waals surface area contributed by atoms with Crippen LogP contribution in [0.15, 0.2) is 47.3 Å². The van der Waals surface area contributed by atoms with Gasteiger partial charge in [-0.2, -0.15) is 0 Å². The van der Waals surface area contributed by atoms with E-state index in [0.717, 1.165) is 23.4 Å². The maximum absolute atomic E-state index is 13.6. The van der Waals surface area contributed by atoms with Gasteiger partial charge < -0.3 is 9.32 Å². The lowest BCUT2D eigenvalue weighted by molar-refractivity contribution is -0.137. The van der Waals surface area contributed by atoms with Crippen molar-refractivity contribution in [2.45, 2.75) is 43.7 Å². The molecule has 1 aromatic heterocycles. The quantitative estimate of drug-likeness (QED) is 0.834. The lowest BCUT2D eigenvalue weighted by Gasteiger charge is -2.39. The Morgan fingerprint density at radius 2 is 1.96 bits per heavy atom.